The van der Waals surface area contributed by atoms with Gasteiger partial charge in [0.1, 0.15) is 5.75 Å². The Labute approximate surface area is 109 Å². The first-order valence-corrected chi connectivity index (χ1v) is 6.83. The third kappa shape index (κ3) is 3.64. The summed E-state index contributed by atoms with van der Waals surface area (Å²) in [5.41, 5.74) is 7.55. The number of hydrogen-bond donors (Lipinski definition) is 1. The molecule has 0 radical (unpaired) electrons. The molecule has 0 saturated heterocycles. The standard InChI is InChI=1S/C15H23NO2/c1-17-15-10-13(16)9-8-12(15)11-18-14-6-4-2-3-5-7-14/h8-10,14H,2-7,11,16H2,1H3. The van der Waals surface area contributed by atoms with Crippen LogP contribution in [0.5, 0.6) is 5.75 Å². The molecule has 3 heteroatoms. The van der Waals surface area contributed by atoms with E-state index in [9.17, 15) is 0 Å². The number of nitrogen functional groups attached to an aromatic ring is 1. The van der Waals surface area contributed by atoms with E-state index in [4.69, 9.17) is 15.2 Å². The number of rotatable bonds is 4. The maximum absolute atomic E-state index is 6.01. The number of nitrogens with two attached hydrogens (primary N) is 1. The van der Waals surface area contributed by atoms with E-state index in [1.807, 2.05) is 18.2 Å². The lowest BCUT2D eigenvalue weighted by molar-refractivity contribution is 0.0300. The minimum absolute atomic E-state index is 0.412. The molecular formula is C15H23NO2. The lowest BCUT2D eigenvalue weighted by Gasteiger charge is -2.16. The van der Waals surface area contributed by atoms with Crippen LogP contribution < -0.4 is 10.5 Å². The van der Waals surface area contributed by atoms with E-state index in [0.29, 0.717) is 12.7 Å². The highest BCUT2D eigenvalue weighted by Crippen LogP contribution is 2.25. The van der Waals surface area contributed by atoms with Crippen molar-refractivity contribution in [3.63, 3.8) is 0 Å². The van der Waals surface area contributed by atoms with Crippen molar-refractivity contribution in [3.8, 4) is 5.75 Å². The highest BCUT2D eigenvalue weighted by molar-refractivity contribution is 5.48. The lowest BCUT2D eigenvalue weighted by Crippen LogP contribution is -2.11. The minimum Gasteiger partial charge on any atom is -0.496 e. The molecule has 0 atom stereocenters. The van der Waals surface area contributed by atoms with Crippen LogP contribution >= 0.6 is 0 Å². The summed E-state index contributed by atoms with van der Waals surface area (Å²) in [6.07, 6.45) is 8.09. The lowest BCUT2D eigenvalue weighted by atomic mass is 10.1. The Morgan fingerprint density at radius 2 is 1.89 bits per heavy atom. The van der Waals surface area contributed by atoms with Crippen molar-refractivity contribution in [1.82, 2.24) is 0 Å². The second-order valence-corrected chi connectivity index (χ2v) is 5.00. The van der Waals surface area contributed by atoms with E-state index in [2.05, 4.69) is 0 Å². The van der Waals surface area contributed by atoms with Crippen molar-refractivity contribution in [2.45, 2.75) is 51.2 Å². The average molecular weight is 249 g/mol. The third-order valence-corrected chi connectivity index (χ3v) is 3.59. The topological polar surface area (TPSA) is 44.5 Å². The van der Waals surface area contributed by atoms with E-state index in [-0.39, 0.29) is 0 Å². The van der Waals surface area contributed by atoms with Crippen LogP contribution in [0, 0.1) is 0 Å². The molecule has 100 valence electrons. The molecule has 1 aromatic carbocycles. The summed E-state index contributed by atoms with van der Waals surface area (Å²) in [6.45, 7) is 0.619. The van der Waals surface area contributed by atoms with E-state index in [0.717, 1.165) is 17.0 Å². The van der Waals surface area contributed by atoms with Crippen LogP contribution in [-0.2, 0) is 11.3 Å². The van der Waals surface area contributed by atoms with Crippen LogP contribution in [-0.4, -0.2) is 13.2 Å². The highest BCUT2D eigenvalue weighted by atomic mass is 16.5. The average Bonchev–Trinajstić information content (AvgIpc) is 2.65. The van der Waals surface area contributed by atoms with Gasteiger partial charge in [-0.15, -0.1) is 0 Å². The molecule has 1 aromatic rings. The van der Waals surface area contributed by atoms with Gasteiger partial charge in [-0.2, -0.15) is 0 Å². The van der Waals surface area contributed by atoms with Crippen molar-refractivity contribution in [1.29, 1.82) is 0 Å². The smallest absolute Gasteiger partial charge is 0.126 e. The van der Waals surface area contributed by atoms with Crippen LogP contribution in [0.3, 0.4) is 0 Å². The first-order chi connectivity index (χ1) is 8.79. The summed E-state index contributed by atoms with van der Waals surface area (Å²) in [7, 11) is 1.67. The summed E-state index contributed by atoms with van der Waals surface area (Å²) >= 11 is 0. The van der Waals surface area contributed by atoms with E-state index < -0.39 is 0 Å². The summed E-state index contributed by atoms with van der Waals surface area (Å²) in [4.78, 5) is 0. The van der Waals surface area contributed by atoms with Gasteiger partial charge in [0.15, 0.2) is 0 Å². The summed E-state index contributed by atoms with van der Waals surface area (Å²) in [6, 6.07) is 5.74. The Morgan fingerprint density at radius 1 is 1.17 bits per heavy atom. The molecule has 0 bridgehead atoms. The van der Waals surface area contributed by atoms with Crippen LogP contribution in [0.25, 0.3) is 0 Å². The quantitative estimate of drug-likeness (QED) is 0.656. The maximum Gasteiger partial charge on any atom is 0.126 e. The zero-order chi connectivity index (χ0) is 12.8. The fourth-order valence-corrected chi connectivity index (χ4v) is 2.50. The molecular weight excluding hydrogens is 226 g/mol. The minimum atomic E-state index is 0.412. The van der Waals surface area contributed by atoms with Gasteiger partial charge in [0.2, 0.25) is 0 Å². The molecule has 1 fully saturated rings. The van der Waals surface area contributed by atoms with Gasteiger partial charge in [-0.1, -0.05) is 31.7 Å². The van der Waals surface area contributed by atoms with Crippen molar-refractivity contribution >= 4 is 5.69 Å². The first kappa shape index (κ1) is 13.2. The number of anilines is 1. The molecule has 3 nitrogen and oxygen atoms in total. The third-order valence-electron chi connectivity index (χ3n) is 3.59. The van der Waals surface area contributed by atoms with Crippen LogP contribution in [0.2, 0.25) is 0 Å². The number of benzene rings is 1. The Hall–Kier alpha value is -1.22. The molecule has 2 N–H and O–H groups in total. The van der Waals surface area contributed by atoms with Gasteiger partial charge in [-0.3, -0.25) is 0 Å². The zero-order valence-corrected chi connectivity index (χ0v) is 11.2. The predicted molar refractivity (Wildman–Crippen MR) is 73.7 cm³/mol. The molecule has 0 aliphatic heterocycles. The normalized spacial score (nSPS) is 17.4. The molecule has 18 heavy (non-hydrogen) atoms. The Bertz CT molecular complexity index is 371. The van der Waals surface area contributed by atoms with Gasteiger partial charge in [0.25, 0.3) is 0 Å². The molecule has 0 amide bonds. The fourth-order valence-electron chi connectivity index (χ4n) is 2.50. The monoisotopic (exact) mass is 249 g/mol. The molecule has 2 rings (SSSR count). The van der Waals surface area contributed by atoms with E-state index >= 15 is 0 Å². The highest BCUT2D eigenvalue weighted by Gasteiger charge is 2.13. The molecule has 0 spiro atoms. The molecule has 0 unspecified atom stereocenters. The first-order valence-electron chi connectivity index (χ1n) is 6.83. The Morgan fingerprint density at radius 3 is 2.56 bits per heavy atom. The number of ether oxygens (including phenoxy) is 2. The van der Waals surface area contributed by atoms with Gasteiger partial charge >= 0.3 is 0 Å². The molecule has 0 aromatic heterocycles. The van der Waals surface area contributed by atoms with Crippen molar-refractivity contribution in [2.75, 3.05) is 12.8 Å². The molecule has 1 aliphatic carbocycles. The molecule has 1 aliphatic rings. The van der Waals surface area contributed by atoms with Crippen molar-refractivity contribution < 1.29 is 9.47 Å². The molecule has 1 saturated carbocycles. The predicted octanol–water partition coefficient (Wildman–Crippen LogP) is 3.52. The van der Waals surface area contributed by atoms with Crippen LogP contribution in [0.4, 0.5) is 5.69 Å². The van der Waals surface area contributed by atoms with E-state index in [1.54, 1.807) is 7.11 Å². The van der Waals surface area contributed by atoms with Crippen molar-refractivity contribution in [3.05, 3.63) is 23.8 Å². The SMILES string of the molecule is COc1cc(N)ccc1COC1CCCCCC1. The second-order valence-electron chi connectivity index (χ2n) is 5.00. The van der Waals surface area contributed by atoms with Crippen LogP contribution in [0.15, 0.2) is 18.2 Å². The number of hydrogen-bond acceptors (Lipinski definition) is 3. The Balaban J connectivity index is 1.92. The van der Waals surface area contributed by atoms with Gasteiger partial charge < -0.3 is 15.2 Å². The van der Waals surface area contributed by atoms with Gasteiger partial charge in [0, 0.05) is 17.3 Å². The van der Waals surface area contributed by atoms with Gasteiger partial charge in [0.05, 0.1) is 19.8 Å². The van der Waals surface area contributed by atoms with Crippen LogP contribution in [0.1, 0.15) is 44.1 Å². The zero-order valence-electron chi connectivity index (χ0n) is 11.2. The maximum atomic E-state index is 6.01. The summed E-state index contributed by atoms with van der Waals surface area (Å²) in [5.74, 6) is 0.823. The number of methoxy groups -OCH3 is 1. The second kappa shape index (κ2) is 6.64. The largest absolute Gasteiger partial charge is 0.496 e. The van der Waals surface area contributed by atoms with Gasteiger partial charge in [-0.05, 0) is 18.9 Å². The summed E-state index contributed by atoms with van der Waals surface area (Å²) < 4.78 is 11.3. The fraction of sp³-hybridized carbons (Fsp3) is 0.600. The molecule has 0 heterocycles. The van der Waals surface area contributed by atoms with Gasteiger partial charge in [-0.25, -0.2) is 0 Å². The van der Waals surface area contributed by atoms with E-state index in [1.165, 1.54) is 38.5 Å². The summed E-state index contributed by atoms with van der Waals surface area (Å²) in [5, 5.41) is 0. The van der Waals surface area contributed by atoms with Crippen molar-refractivity contribution in [2.24, 2.45) is 0 Å². The Kier molecular flexibility index (Phi) is 4.88.